The number of carbonyl (C=O) groups is 1. The summed E-state index contributed by atoms with van der Waals surface area (Å²) in [6.45, 7) is 4.58. The predicted octanol–water partition coefficient (Wildman–Crippen LogP) is 6.79. The number of nitrogens with zero attached hydrogens (tertiary/aromatic N) is 4. The number of rotatable bonds is 29. The van der Waals surface area contributed by atoms with Crippen molar-refractivity contribution in [1.82, 2.24) is 19.4 Å². The van der Waals surface area contributed by atoms with E-state index in [1.807, 2.05) is 0 Å². The number of fused-ring (bicyclic) bond motifs is 1. The Kier molecular flexibility index (Phi) is 20.6. The highest BCUT2D eigenvalue weighted by Crippen LogP contribution is 2.38. The van der Waals surface area contributed by atoms with Crippen LogP contribution in [0.5, 0.6) is 5.75 Å². The van der Waals surface area contributed by atoms with Crippen LogP contribution in [0.15, 0.2) is 42.9 Å². The molecule has 0 saturated carbocycles. The third kappa shape index (κ3) is 14.5. The van der Waals surface area contributed by atoms with Gasteiger partial charge in [0.05, 0.1) is 18.6 Å². The predicted molar refractivity (Wildman–Crippen MR) is 224 cm³/mol. The van der Waals surface area contributed by atoms with Crippen LogP contribution >= 0.6 is 20.4 Å². The van der Waals surface area contributed by atoms with Crippen molar-refractivity contribution >= 4 is 48.2 Å². The monoisotopic (exact) mass is 834 g/mol. The highest BCUT2D eigenvalue weighted by molar-refractivity contribution is 7.80. The number of nitrogen functional groups attached to an aromatic ring is 1. The average Bonchev–Trinajstić information content (AvgIpc) is 3.74. The third-order valence-corrected chi connectivity index (χ3v) is 11.5. The van der Waals surface area contributed by atoms with Crippen LogP contribution in [-0.2, 0) is 28.1 Å². The number of para-hydroxylation sites is 1. The largest absolute Gasteiger partial charge is 0.464 e. The highest BCUT2D eigenvalue weighted by Gasteiger charge is 2.45. The number of ether oxygens (including phenoxy) is 3. The van der Waals surface area contributed by atoms with E-state index in [9.17, 15) is 19.6 Å². The summed E-state index contributed by atoms with van der Waals surface area (Å²) in [5.41, 5.74) is 12.6. The summed E-state index contributed by atoms with van der Waals surface area (Å²) >= 11 is 5.17. The molecule has 2 unspecified atom stereocenters. The Labute approximate surface area is 342 Å². The number of benzene rings is 1. The van der Waals surface area contributed by atoms with Crippen LogP contribution in [0, 0.1) is 0 Å². The molecule has 2 aromatic heterocycles. The van der Waals surface area contributed by atoms with E-state index in [1.54, 1.807) is 30.3 Å². The van der Waals surface area contributed by atoms with Gasteiger partial charge in [0, 0.05) is 31.4 Å². The lowest BCUT2D eigenvalue weighted by Crippen LogP contribution is -2.39. The van der Waals surface area contributed by atoms with Crippen molar-refractivity contribution in [1.29, 1.82) is 0 Å². The maximum atomic E-state index is 13.6. The Bertz CT molecular complexity index is 1670. The zero-order valence-corrected chi connectivity index (χ0v) is 35.3. The van der Waals surface area contributed by atoms with Crippen LogP contribution in [0.4, 0.5) is 5.82 Å². The minimum absolute atomic E-state index is 0.0293. The molecule has 0 bridgehead atoms. The summed E-state index contributed by atoms with van der Waals surface area (Å²) in [5, 5.41) is 22.3. The van der Waals surface area contributed by atoms with Crippen LogP contribution in [0.3, 0.4) is 0 Å². The molecule has 1 saturated heterocycles. The second kappa shape index (κ2) is 25.3. The molecule has 6 N–H and O–H groups in total. The van der Waals surface area contributed by atoms with E-state index < -0.39 is 51.3 Å². The molecule has 1 aliphatic heterocycles. The van der Waals surface area contributed by atoms with Gasteiger partial charge in [-0.1, -0.05) is 126 Å². The molecule has 6 atom stereocenters. The first-order valence-corrected chi connectivity index (χ1v) is 22.2. The molecule has 1 fully saturated rings. The van der Waals surface area contributed by atoms with Crippen molar-refractivity contribution in [2.24, 2.45) is 5.73 Å². The van der Waals surface area contributed by atoms with Gasteiger partial charge in [0.15, 0.2) is 6.23 Å². The Morgan fingerprint density at radius 2 is 1.54 bits per heavy atom. The number of nitrogens with two attached hydrogens (primary N) is 2. The van der Waals surface area contributed by atoms with Crippen LogP contribution in [0.25, 0.3) is 11.0 Å². The summed E-state index contributed by atoms with van der Waals surface area (Å²) in [4.78, 5) is 28.2. The van der Waals surface area contributed by atoms with Gasteiger partial charge in [-0.3, -0.25) is 9.36 Å². The summed E-state index contributed by atoms with van der Waals surface area (Å²) in [6.07, 6.45) is 16.4. The molecule has 0 aliphatic carbocycles. The standard InChI is InChI=1S/C40H63N6O9PS/c1-3-4-5-6-7-8-9-10-11-12-13-14-15-19-23-51-24-20-25-52-40(49)29(2)46(55-30-21-17-16-18-22-30)56(50)53-27-32-34(47)35(48)39(54-32)45-26-31(37(42)57)33-36(41)43-28-44-38(33)45/h16-18,21-22,26,28-29,32,34-35,39,47-48,56H,3-15,19-20,23-25,27H2,1-2H3,(H2,42,57)(H2,41,43,44)/t29-,32?,34-,35-,39-/m1/s1. The molecule has 0 spiro atoms. The fraction of sp³-hybridized carbons (Fsp3) is 0.650. The number of aliphatic hydroxyl groups is 2. The van der Waals surface area contributed by atoms with Gasteiger partial charge in [-0.05, 0) is 25.5 Å². The van der Waals surface area contributed by atoms with Crippen molar-refractivity contribution < 1.29 is 43.1 Å². The van der Waals surface area contributed by atoms with Gasteiger partial charge < -0.3 is 49.8 Å². The van der Waals surface area contributed by atoms with Crippen molar-refractivity contribution in [2.45, 2.75) is 141 Å². The number of anilines is 1. The molecule has 17 heteroatoms. The lowest BCUT2D eigenvalue weighted by molar-refractivity contribution is -0.155. The highest BCUT2D eigenvalue weighted by atomic mass is 32.1. The second-order valence-corrected chi connectivity index (χ2v) is 16.2. The topological polar surface area (TPSA) is 207 Å². The van der Waals surface area contributed by atoms with Crippen molar-refractivity contribution in [2.75, 3.05) is 32.2 Å². The molecule has 15 nitrogen and oxygen atoms in total. The normalized spacial score (nSPS) is 19.2. The van der Waals surface area contributed by atoms with Gasteiger partial charge in [-0.15, -0.1) is 0 Å². The van der Waals surface area contributed by atoms with Crippen LogP contribution in [-0.4, -0.2) is 91.3 Å². The lowest BCUT2D eigenvalue weighted by Gasteiger charge is -2.26. The number of esters is 1. The van der Waals surface area contributed by atoms with Gasteiger partial charge in [-0.2, -0.15) is 0 Å². The first-order valence-electron chi connectivity index (χ1n) is 20.5. The molecule has 1 aromatic carbocycles. The number of carbonyl (C=O) groups excluding carboxylic acids is 1. The molecular formula is C40H63N6O9PS. The molecule has 57 heavy (non-hydrogen) atoms. The number of unbranched alkanes of at least 4 members (excludes halogenated alkanes) is 13. The van der Waals surface area contributed by atoms with E-state index in [0.717, 1.165) is 17.7 Å². The molecule has 4 rings (SSSR count). The Morgan fingerprint density at radius 3 is 2.18 bits per heavy atom. The summed E-state index contributed by atoms with van der Waals surface area (Å²) in [7, 11) is -3.30. The molecule has 318 valence electrons. The number of hydroxylamine groups is 1. The quantitative estimate of drug-likeness (QED) is 0.0187. The van der Waals surface area contributed by atoms with Gasteiger partial charge >= 0.3 is 5.97 Å². The van der Waals surface area contributed by atoms with E-state index in [1.165, 1.54) is 101 Å². The molecule has 3 heterocycles. The van der Waals surface area contributed by atoms with E-state index in [0.29, 0.717) is 36.3 Å². The zero-order chi connectivity index (χ0) is 41.0. The average molecular weight is 835 g/mol. The number of aromatic nitrogens is 3. The Hall–Kier alpha value is -3.21. The zero-order valence-electron chi connectivity index (χ0n) is 33.5. The van der Waals surface area contributed by atoms with Gasteiger partial charge in [0.2, 0.25) is 0 Å². The minimum atomic E-state index is -3.30. The van der Waals surface area contributed by atoms with Crippen LogP contribution in [0.1, 0.15) is 122 Å². The molecule has 3 aromatic rings. The van der Waals surface area contributed by atoms with E-state index in [4.69, 9.17) is 47.3 Å². The molecule has 0 radical (unpaired) electrons. The number of aliphatic hydroxyl groups excluding tert-OH is 2. The SMILES string of the molecule is CCCCCCCCCCCCCCCCOCCCOC(=O)[C@@H](C)N(Oc1ccccc1)[PH](=O)OCC1O[C@@H](n2cc(C(N)=S)c3c(N)ncnc32)[C@H](O)[C@@H]1O. The maximum Gasteiger partial charge on any atom is 0.327 e. The molecular weight excluding hydrogens is 772 g/mol. The van der Waals surface area contributed by atoms with E-state index >= 15 is 0 Å². The minimum Gasteiger partial charge on any atom is -0.464 e. The summed E-state index contributed by atoms with van der Waals surface area (Å²) in [5.74, 6) is -0.220. The van der Waals surface area contributed by atoms with Crippen LogP contribution in [0.2, 0.25) is 0 Å². The number of hydrogen-bond donors (Lipinski definition) is 4. The fourth-order valence-corrected chi connectivity index (χ4v) is 7.91. The fourth-order valence-electron chi connectivity index (χ4n) is 6.72. The van der Waals surface area contributed by atoms with Crippen molar-refractivity contribution in [3.63, 3.8) is 0 Å². The smallest absolute Gasteiger partial charge is 0.327 e. The van der Waals surface area contributed by atoms with E-state index in [-0.39, 0.29) is 23.1 Å². The van der Waals surface area contributed by atoms with Gasteiger partial charge in [0.25, 0.3) is 8.18 Å². The molecule has 0 amide bonds. The maximum absolute atomic E-state index is 13.6. The van der Waals surface area contributed by atoms with Crippen molar-refractivity contribution in [3.8, 4) is 5.75 Å². The van der Waals surface area contributed by atoms with E-state index in [2.05, 4.69) is 16.9 Å². The van der Waals surface area contributed by atoms with Crippen LogP contribution < -0.4 is 16.3 Å². The third-order valence-electron chi connectivity index (χ3n) is 10.0. The second-order valence-electron chi connectivity index (χ2n) is 14.5. The Balaban J connectivity index is 1.17. The lowest BCUT2D eigenvalue weighted by atomic mass is 10.0. The number of hydrogen-bond acceptors (Lipinski definition) is 13. The number of thiocarbonyl (C=S) groups is 1. The first kappa shape index (κ1) is 46.5. The molecule has 1 aliphatic rings. The van der Waals surface area contributed by atoms with Gasteiger partial charge in [0.1, 0.15) is 52.9 Å². The Morgan fingerprint density at radius 1 is 0.930 bits per heavy atom. The van der Waals surface area contributed by atoms with Gasteiger partial charge in [-0.25, -0.2) is 9.97 Å². The van der Waals surface area contributed by atoms with Crippen molar-refractivity contribution in [3.05, 3.63) is 48.4 Å². The summed E-state index contributed by atoms with van der Waals surface area (Å²) in [6, 6.07) is 7.39. The summed E-state index contributed by atoms with van der Waals surface area (Å²) < 4.78 is 37.9. The first-order chi connectivity index (χ1) is 27.6.